The Morgan fingerprint density at radius 1 is 1.44 bits per heavy atom. The molecule has 0 fully saturated rings. The molecule has 0 aliphatic heterocycles. The third-order valence-corrected chi connectivity index (χ3v) is 0.836. The van der Waals surface area contributed by atoms with Crippen molar-refractivity contribution in [2.45, 2.75) is 0 Å². The van der Waals surface area contributed by atoms with E-state index in [0.717, 1.165) is 6.20 Å². The van der Waals surface area contributed by atoms with Gasteiger partial charge in [-0.15, -0.1) is 0 Å². The first-order valence-electron chi connectivity index (χ1n) is 2.26. The zero-order valence-corrected chi connectivity index (χ0v) is 4.44. The molecule has 44 valence electrons. The van der Waals surface area contributed by atoms with E-state index in [1.54, 1.807) is 0 Å². The summed E-state index contributed by atoms with van der Waals surface area (Å²) in [4.78, 5) is 3.21. The van der Waals surface area contributed by atoms with Crippen LogP contribution in [0.1, 0.15) is 0 Å². The molecular weight excluding hydrogens is 123 g/mol. The minimum Gasteiger partial charge on any atom is -0.267 e. The Bertz CT molecular complexity index is 226. The van der Waals surface area contributed by atoms with Crippen LogP contribution in [0.25, 0.3) is 0 Å². The lowest BCUT2D eigenvalue weighted by Gasteiger charge is -1.92. The third-order valence-electron chi connectivity index (χ3n) is 0.836. The number of hydrogen-bond donors (Lipinski definition) is 0. The zero-order valence-electron chi connectivity index (χ0n) is 4.44. The van der Waals surface area contributed by atoms with Gasteiger partial charge in [-0.05, 0) is 0 Å². The van der Waals surface area contributed by atoms with Gasteiger partial charge in [0.25, 0.3) is 0 Å². The molecule has 0 saturated carbocycles. The number of hydrogen-bond acceptors (Lipinski definition) is 1. The molecule has 1 nitrogen and oxygen atoms in total. The molecule has 0 bridgehead atoms. The molecule has 0 spiro atoms. The number of rotatable bonds is 0. The average Bonchev–Trinajstić information content (AvgIpc) is 1.80. The normalized spacial score (nSPS) is 9.56. The zero-order chi connectivity index (χ0) is 6.85. The summed E-state index contributed by atoms with van der Waals surface area (Å²) in [5.74, 6) is -1.54. The van der Waals surface area contributed by atoms with Gasteiger partial charge in [-0.25, -0.2) is 8.78 Å². The van der Waals surface area contributed by atoms with E-state index in [-0.39, 0.29) is 5.59 Å². The van der Waals surface area contributed by atoms with Gasteiger partial charge in [-0.3, -0.25) is 4.98 Å². The number of pyridine rings is 1. The van der Waals surface area contributed by atoms with Gasteiger partial charge in [-0.1, -0.05) is 0 Å². The molecule has 1 aromatic rings. The molecule has 9 heavy (non-hydrogen) atoms. The van der Waals surface area contributed by atoms with E-state index < -0.39 is 11.6 Å². The van der Waals surface area contributed by atoms with Gasteiger partial charge >= 0.3 is 0 Å². The Hall–Kier alpha value is -0.925. The predicted molar refractivity (Wildman–Crippen MR) is 29.5 cm³/mol. The van der Waals surface area contributed by atoms with E-state index in [1.165, 1.54) is 0 Å². The van der Waals surface area contributed by atoms with Crippen LogP contribution in [0.5, 0.6) is 0 Å². The number of nitrogens with zero attached hydrogens (tertiary/aromatic N) is 1. The van der Waals surface area contributed by atoms with Crippen molar-refractivity contribution >= 4 is 13.4 Å². The topological polar surface area (TPSA) is 12.9 Å². The Morgan fingerprint density at radius 2 is 2.11 bits per heavy atom. The average molecular weight is 125 g/mol. The Balaban J connectivity index is 3.17. The SMILES string of the molecule is [B]c1ncc(F)cc1F. The van der Waals surface area contributed by atoms with Crippen molar-refractivity contribution in [1.29, 1.82) is 0 Å². The minimum atomic E-state index is -0.824. The summed E-state index contributed by atoms with van der Waals surface area (Å²) in [6.45, 7) is 0. The van der Waals surface area contributed by atoms with Crippen molar-refractivity contribution in [2.24, 2.45) is 0 Å². The second-order valence-electron chi connectivity index (χ2n) is 1.52. The molecule has 0 N–H and O–H groups in total. The van der Waals surface area contributed by atoms with Crippen molar-refractivity contribution in [3.8, 4) is 0 Å². The van der Waals surface area contributed by atoms with Gasteiger partial charge in [0.05, 0.1) is 6.20 Å². The Kier molecular flexibility index (Phi) is 1.47. The van der Waals surface area contributed by atoms with E-state index in [4.69, 9.17) is 7.85 Å². The van der Waals surface area contributed by atoms with Crippen molar-refractivity contribution in [1.82, 2.24) is 4.98 Å². The van der Waals surface area contributed by atoms with Gasteiger partial charge in [0, 0.05) is 11.7 Å². The molecule has 0 aliphatic carbocycles. The highest BCUT2D eigenvalue weighted by Crippen LogP contribution is 1.93. The summed E-state index contributed by atoms with van der Waals surface area (Å²) in [5.41, 5.74) is -0.281. The van der Waals surface area contributed by atoms with Crippen LogP contribution in [-0.2, 0) is 0 Å². The van der Waals surface area contributed by atoms with E-state index in [1.807, 2.05) is 0 Å². The van der Waals surface area contributed by atoms with Crippen LogP contribution < -0.4 is 5.59 Å². The quantitative estimate of drug-likeness (QED) is 0.449. The highest BCUT2D eigenvalue weighted by molar-refractivity contribution is 6.30. The maximum atomic E-state index is 12.2. The largest absolute Gasteiger partial charge is 0.267 e. The molecule has 0 aliphatic rings. The summed E-state index contributed by atoms with van der Waals surface area (Å²) < 4.78 is 24.1. The second kappa shape index (κ2) is 2.13. The lowest BCUT2D eigenvalue weighted by Crippen LogP contribution is -2.12. The summed E-state index contributed by atoms with van der Waals surface area (Å²) in [6, 6.07) is 0.683. The van der Waals surface area contributed by atoms with Crippen LogP contribution in [0.4, 0.5) is 8.78 Å². The first-order valence-corrected chi connectivity index (χ1v) is 2.26. The van der Waals surface area contributed by atoms with E-state index in [9.17, 15) is 8.78 Å². The highest BCUT2D eigenvalue weighted by Gasteiger charge is 1.97. The maximum absolute atomic E-state index is 12.2. The maximum Gasteiger partial charge on any atom is 0.145 e. The molecular formula is C5H2BF2N. The first-order chi connectivity index (χ1) is 4.20. The second-order valence-corrected chi connectivity index (χ2v) is 1.52. The van der Waals surface area contributed by atoms with Gasteiger partial charge in [0.15, 0.2) is 0 Å². The molecule has 0 saturated heterocycles. The number of halogens is 2. The van der Waals surface area contributed by atoms with Crippen LogP contribution in [0.15, 0.2) is 12.3 Å². The molecule has 0 amide bonds. The molecule has 0 unspecified atom stereocenters. The fourth-order valence-corrected chi connectivity index (χ4v) is 0.425. The smallest absolute Gasteiger partial charge is 0.145 e. The molecule has 4 heteroatoms. The van der Waals surface area contributed by atoms with Gasteiger partial charge < -0.3 is 0 Å². The Morgan fingerprint density at radius 3 is 2.56 bits per heavy atom. The fraction of sp³-hybridized carbons (Fsp3) is 0. The van der Waals surface area contributed by atoms with Gasteiger partial charge in [0.1, 0.15) is 19.5 Å². The minimum absolute atomic E-state index is 0.281. The van der Waals surface area contributed by atoms with Crippen molar-refractivity contribution < 1.29 is 8.78 Å². The van der Waals surface area contributed by atoms with Crippen LogP contribution in [0.3, 0.4) is 0 Å². The molecule has 0 aromatic carbocycles. The standard InChI is InChI=1S/C5H2BF2N/c6-5-4(8)1-3(7)2-9-5/h1-2H. The first kappa shape index (κ1) is 6.20. The molecule has 2 radical (unpaired) electrons. The van der Waals surface area contributed by atoms with Gasteiger partial charge in [-0.2, -0.15) is 0 Å². The summed E-state index contributed by atoms with van der Waals surface area (Å²) in [6.07, 6.45) is 0.860. The summed E-state index contributed by atoms with van der Waals surface area (Å²) in [7, 11) is 4.94. The molecule has 1 aromatic heterocycles. The molecule has 1 rings (SSSR count). The van der Waals surface area contributed by atoms with Crippen molar-refractivity contribution in [3.63, 3.8) is 0 Å². The van der Waals surface area contributed by atoms with Gasteiger partial charge in [0.2, 0.25) is 0 Å². The molecule has 0 atom stereocenters. The van der Waals surface area contributed by atoms with Crippen LogP contribution in [0.2, 0.25) is 0 Å². The summed E-state index contributed by atoms with van der Waals surface area (Å²) >= 11 is 0. The Labute approximate surface area is 52.1 Å². The third kappa shape index (κ3) is 1.25. The lowest BCUT2D eigenvalue weighted by atomic mass is 10.0. The van der Waals surface area contributed by atoms with Crippen LogP contribution in [-0.4, -0.2) is 12.8 Å². The van der Waals surface area contributed by atoms with E-state index in [0.29, 0.717) is 6.07 Å². The van der Waals surface area contributed by atoms with Crippen molar-refractivity contribution in [2.75, 3.05) is 0 Å². The van der Waals surface area contributed by atoms with Crippen molar-refractivity contribution in [3.05, 3.63) is 23.9 Å². The number of aromatic nitrogens is 1. The molecule has 1 heterocycles. The van der Waals surface area contributed by atoms with Crippen LogP contribution >= 0.6 is 0 Å². The summed E-state index contributed by atoms with van der Waals surface area (Å²) in [5, 5.41) is 0. The fourth-order valence-electron chi connectivity index (χ4n) is 0.425. The predicted octanol–water partition coefficient (Wildman–Crippen LogP) is 0.154. The lowest BCUT2D eigenvalue weighted by molar-refractivity contribution is 0.580. The van der Waals surface area contributed by atoms with Crippen LogP contribution in [0, 0.1) is 11.6 Å². The van der Waals surface area contributed by atoms with E-state index >= 15 is 0 Å². The monoisotopic (exact) mass is 125 g/mol. The van der Waals surface area contributed by atoms with E-state index in [2.05, 4.69) is 4.98 Å². The highest BCUT2D eigenvalue weighted by atomic mass is 19.1.